The molecule has 0 bridgehead atoms. The second-order valence-electron chi connectivity index (χ2n) is 3.73. The van der Waals surface area contributed by atoms with E-state index in [0.717, 1.165) is 24.4 Å². The molecule has 0 spiro atoms. The molecule has 2 N–H and O–H groups in total. The molecule has 6 nitrogen and oxygen atoms in total. The van der Waals surface area contributed by atoms with Gasteiger partial charge in [-0.25, -0.2) is 8.78 Å². The first kappa shape index (κ1) is 14.1. The molecule has 1 heterocycles. The van der Waals surface area contributed by atoms with E-state index in [0.29, 0.717) is 0 Å². The molecule has 1 aromatic carbocycles. The Kier molecular flexibility index (Phi) is 3.79. The Labute approximate surface area is 119 Å². The number of hydrogen-bond acceptors (Lipinski definition) is 3. The number of carbonyl (C=O) groups excluding carboxylic acids is 1. The number of aromatic nitrogens is 1. The number of hydrogen-bond donors (Lipinski definition) is 2. The van der Waals surface area contributed by atoms with Crippen LogP contribution in [0.1, 0.15) is 10.5 Å². The van der Waals surface area contributed by atoms with Gasteiger partial charge >= 0.3 is 0 Å². The first-order valence-electron chi connectivity index (χ1n) is 5.17. The molecule has 0 saturated carbocycles. The van der Waals surface area contributed by atoms with E-state index >= 15 is 0 Å². The summed E-state index contributed by atoms with van der Waals surface area (Å²) < 4.78 is 27.2. The molecule has 0 aliphatic rings. The van der Waals surface area contributed by atoms with Crippen LogP contribution < -0.4 is 5.32 Å². The first-order valence-corrected chi connectivity index (χ1v) is 5.96. The molecular weight excluding hydrogens is 340 g/mol. The van der Waals surface area contributed by atoms with Gasteiger partial charge in [0, 0.05) is 10.5 Å². The zero-order valence-electron chi connectivity index (χ0n) is 9.62. The third-order valence-electron chi connectivity index (χ3n) is 2.37. The summed E-state index contributed by atoms with van der Waals surface area (Å²) in [7, 11) is 0. The highest BCUT2D eigenvalue weighted by molar-refractivity contribution is 9.10. The Morgan fingerprint density at radius 2 is 1.90 bits per heavy atom. The van der Waals surface area contributed by atoms with Crippen LogP contribution in [0.25, 0.3) is 0 Å². The molecule has 2 rings (SSSR count). The lowest BCUT2D eigenvalue weighted by Crippen LogP contribution is -2.14. The van der Waals surface area contributed by atoms with Crippen LogP contribution in [-0.2, 0) is 0 Å². The van der Waals surface area contributed by atoms with Gasteiger partial charge in [0.15, 0.2) is 11.6 Å². The van der Waals surface area contributed by atoms with E-state index in [2.05, 4.69) is 20.9 Å². The summed E-state index contributed by atoms with van der Waals surface area (Å²) in [4.78, 5) is 23.8. The fraction of sp³-hybridized carbons (Fsp3) is 0. The second kappa shape index (κ2) is 5.37. The summed E-state index contributed by atoms with van der Waals surface area (Å²) in [6.45, 7) is 0. The topological polar surface area (TPSA) is 88.0 Å². The maximum Gasteiger partial charge on any atom is 0.287 e. The highest BCUT2D eigenvalue weighted by Crippen LogP contribution is 2.24. The first-order chi connectivity index (χ1) is 9.38. The average Bonchev–Trinajstić information content (AvgIpc) is 2.83. The Bertz CT molecular complexity index is 679. The number of aromatic amines is 1. The van der Waals surface area contributed by atoms with E-state index < -0.39 is 28.2 Å². The Hall–Kier alpha value is -2.29. The zero-order valence-corrected chi connectivity index (χ0v) is 11.2. The molecule has 0 saturated heterocycles. The molecule has 0 fully saturated rings. The van der Waals surface area contributed by atoms with Crippen molar-refractivity contribution in [2.75, 3.05) is 5.32 Å². The fourth-order valence-corrected chi connectivity index (χ4v) is 1.86. The van der Waals surface area contributed by atoms with Gasteiger partial charge in [-0.05, 0) is 12.1 Å². The summed E-state index contributed by atoms with van der Waals surface area (Å²) in [6, 6.07) is 2.93. The molecule has 20 heavy (non-hydrogen) atoms. The van der Waals surface area contributed by atoms with Crippen molar-refractivity contribution in [3.8, 4) is 0 Å². The molecule has 1 amide bonds. The van der Waals surface area contributed by atoms with E-state index in [4.69, 9.17) is 0 Å². The quantitative estimate of drug-likeness (QED) is 0.661. The molecule has 0 aliphatic carbocycles. The number of nitro groups is 1. The largest absolute Gasteiger partial charge is 0.351 e. The standard InChI is InChI=1S/C11H6BrF2N3O3/c12-5-1-7(13)10(8(14)2-5)16-11(18)9-3-6(4-15-9)17(19)20/h1-4,15H,(H,16,18). The number of nitrogens with zero attached hydrogens (tertiary/aromatic N) is 1. The summed E-state index contributed by atoms with van der Waals surface area (Å²) in [5.74, 6) is -2.82. The number of amides is 1. The molecule has 0 atom stereocenters. The normalized spacial score (nSPS) is 10.3. The average molecular weight is 346 g/mol. The molecule has 0 unspecified atom stereocenters. The minimum Gasteiger partial charge on any atom is -0.351 e. The van der Waals surface area contributed by atoms with Gasteiger partial charge in [0.2, 0.25) is 0 Å². The molecular formula is C11H6BrF2N3O3. The molecule has 1 aromatic heterocycles. The monoisotopic (exact) mass is 345 g/mol. The number of rotatable bonds is 3. The van der Waals surface area contributed by atoms with Gasteiger partial charge in [-0.15, -0.1) is 0 Å². The van der Waals surface area contributed by atoms with Gasteiger partial charge in [-0.1, -0.05) is 15.9 Å². The summed E-state index contributed by atoms with van der Waals surface area (Å²) >= 11 is 2.90. The van der Waals surface area contributed by atoms with Crippen molar-refractivity contribution >= 4 is 33.2 Å². The van der Waals surface area contributed by atoms with Crippen LogP contribution in [0.4, 0.5) is 20.2 Å². The minimum atomic E-state index is -0.966. The van der Waals surface area contributed by atoms with E-state index in [-0.39, 0.29) is 15.9 Å². The van der Waals surface area contributed by atoms with Crippen LogP contribution in [0.5, 0.6) is 0 Å². The van der Waals surface area contributed by atoms with Gasteiger partial charge in [0.1, 0.15) is 11.4 Å². The molecule has 9 heteroatoms. The van der Waals surface area contributed by atoms with Crippen LogP contribution in [0.2, 0.25) is 0 Å². The highest BCUT2D eigenvalue weighted by atomic mass is 79.9. The minimum absolute atomic E-state index is 0.181. The summed E-state index contributed by atoms with van der Waals surface area (Å²) in [5, 5.41) is 12.5. The van der Waals surface area contributed by atoms with Crippen molar-refractivity contribution in [2.24, 2.45) is 0 Å². The van der Waals surface area contributed by atoms with Crippen molar-refractivity contribution < 1.29 is 18.5 Å². The summed E-state index contributed by atoms with van der Waals surface area (Å²) in [6.07, 6.45) is 1.00. The number of benzene rings is 1. The van der Waals surface area contributed by atoms with Crippen molar-refractivity contribution in [2.45, 2.75) is 0 Å². The van der Waals surface area contributed by atoms with Crippen LogP contribution >= 0.6 is 15.9 Å². The maximum atomic E-state index is 13.5. The van der Waals surface area contributed by atoms with E-state index in [1.807, 2.05) is 5.32 Å². The fourth-order valence-electron chi connectivity index (χ4n) is 1.46. The van der Waals surface area contributed by atoms with E-state index in [1.54, 1.807) is 0 Å². The summed E-state index contributed by atoms with van der Waals surface area (Å²) in [5.41, 5.74) is -1.14. The van der Waals surface area contributed by atoms with Gasteiger partial charge in [0.05, 0.1) is 11.1 Å². The number of H-pyrrole nitrogens is 1. The van der Waals surface area contributed by atoms with Crippen LogP contribution in [0.15, 0.2) is 28.9 Å². The van der Waals surface area contributed by atoms with Crippen LogP contribution in [0.3, 0.4) is 0 Å². The second-order valence-corrected chi connectivity index (χ2v) is 4.64. The van der Waals surface area contributed by atoms with E-state index in [9.17, 15) is 23.7 Å². The smallest absolute Gasteiger partial charge is 0.287 e. The van der Waals surface area contributed by atoms with Gasteiger partial charge in [-0.3, -0.25) is 14.9 Å². The van der Waals surface area contributed by atoms with Crippen molar-refractivity contribution in [3.05, 3.63) is 56.3 Å². The zero-order chi connectivity index (χ0) is 14.9. The maximum absolute atomic E-state index is 13.5. The van der Waals surface area contributed by atoms with Crippen LogP contribution in [0, 0.1) is 21.7 Å². The van der Waals surface area contributed by atoms with Gasteiger partial charge in [0.25, 0.3) is 11.6 Å². The molecule has 0 aliphatic heterocycles. The lowest BCUT2D eigenvalue weighted by Gasteiger charge is -2.06. The third kappa shape index (κ3) is 2.82. The Morgan fingerprint density at radius 3 is 2.40 bits per heavy atom. The predicted octanol–water partition coefficient (Wildman–Crippen LogP) is 3.22. The van der Waals surface area contributed by atoms with Crippen molar-refractivity contribution in [3.63, 3.8) is 0 Å². The van der Waals surface area contributed by atoms with E-state index in [1.165, 1.54) is 0 Å². The van der Waals surface area contributed by atoms with Crippen molar-refractivity contribution in [1.29, 1.82) is 0 Å². The lowest BCUT2D eigenvalue weighted by molar-refractivity contribution is -0.384. The van der Waals surface area contributed by atoms with Crippen molar-refractivity contribution in [1.82, 2.24) is 4.98 Å². The number of halogens is 3. The highest BCUT2D eigenvalue weighted by Gasteiger charge is 2.18. The SMILES string of the molecule is O=C(Nc1c(F)cc(Br)cc1F)c1cc([N+](=O)[O-])c[nH]1. The molecule has 2 aromatic rings. The molecule has 104 valence electrons. The Morgan fingerprint density at radius 1 is 1.30 bits per heavy atom. The third-order valence-corrected chi connectivity index (χ3v) is 2.83. The Balaban J connectivity index is 2.25. The van der Waals surface area contributed by atoms with Gasteiger partial charge in [-0.2, -0.15) is 0 Å². The number of nitrogens with one attached hydrogen (secondary N) is 2. The van der Waals surface area contributed by atoms with Gasteiger partial charge < -0.3 is 10.3 Å². The lowest BCUT2D eigenvalue weighted by atomic mass is 10.2. The molecule has 0 radical (unpaired) electrons. The van der Waals surface area contributed by atoms with Crippen LogP contribution in [-0.4, -0.2) is 15.8 Å². The predicted molar refractivity (Wildman–Crippen MR) is 69.5 cm³/mol. The number of anilines is 1. The number of carbonyl (C=O) groups is 1.